The molecule has 5 heteroatoms. The van der Waals surface area contributed by atoms with E-state index in [1.165, 1.54) is 18.2 Å². The van der Waals surface area contributed by atoms with Gasteiger partial charge in [0.05, 0.1) is 5.02 Å². The predicted octanol–water partition coefficient (Wildman–Crippen LogP) is 4.16. The quantitative estimate of drug-likeness (QED) is 0.899. The van der Waals surface area contributed by atoms with Gasteiger partial charge in [-0.25, -0.2) is 9.37 Å². The van der Waals surface area contributed by atoms with Crippen LogP contribution in [-0.4, -0.2) is 11.0 Å². The fraction of sp³-hybridized carbons (Fsp3) is 0.267. The van der Waals surface area contributed by atoms with Crippen molar-refractivity contribution in [2.24, 2.45) is 0 Å². The van der Waals surface area contributed by atoms with Crippen LogP contribution in [0.2, 0.25) is 5.02 Å². The van der Waals surface area contributed by atoms with E-state index >= 15 is 0 Å². The van der Waals surface area contributed by atoms with Crippen LogP contribution in [0, 0.1) is 5.82 Å². The molecule has 2 rings (SSSR count). The molecular formula is C15H16ClFN2O. The summed E-state index contributed by atoms with van der Waals surface area (Å²) in [5, 5.41) is 3.33. The maximum Gasteiger partial charge on any atom is 0.223 e. The lowest BCUT2D eigenvalue weighted by Crippen LogP contribution is -2.22. The minimum atomic E-state index is -0.471. The molecule has 2 aromatic rings. The number of aromatic nitrogens is 1. The zero-order valence-corrected chi connectivity index (χ0v) is 12.1. The first kappa shape index (κ1) is 14.8. The Morgan fingerprint density at radius 1 is 1.35 bits per heavy atom. The summed E-state index contributed by atoms with van der Waals surface area (Å²) in [5.41, 5.74) is 0.932. The highest BCUT2D eigenvalue weighted by Crippen LogP contribution is 2.26. The van der Waals surface area contributed by atoms with E-state index in [1.54, 1.807) is 6.20 Å². The summed E-state index contributed by atoms with van der Waals surface area (Å²) < 4.78 is 18.8. The Morgan fingerprint density at radius 2 is 2.15 bits per heavy atom. The van der Waals surface area contributed by atoms with Crippen LogP contribution in [0.15, 0.2) is 36.5 Å². The molecule has 0 amide bonds. The number of benzene rings is 1. The Hall–Kier alpha value is -1.65. The first-order valence-corrected chi connectivity index (χ1v) is 6.74. The van der Waals surface area contributed by atoms with E-state index < -0.39 is 5.82 Å². The topological polar surface area (TPSA) is 34.2 Å². The molecule has 0 radical (unpaired) electrons. The van der Waals surface area contributed by atoms with Gasteiger partial charge in [0.2, 0.25) is 5.88 Å². The summed E-state index contributed by atoms with van der Waals surface area (Å²) in [5.74, 6) is 0.478. The molecule has 1 N–H and O–H groups in total. The van der Waals surface area contributed by atoms with Crippen molar-refractivity contribution in [2.75, 3.05) is 0 Å². The number of rotatable bonds is 5. The molecule has 0 atom stereocenters. The van der Waals surface area contributed by atoms with Gasteiger partial charge >= 0.3 is 0 Å². The summed E-state index contributed by atoms with van der Waals surface area (Å²) in [6, 6.07) is 8.38. The minimum absolute atomic E-state index is 0.0280. The monoisotopic (exact) mass is 294 g/mol. The third-order valence-corrected chi connectivity index (χ3v) is 2.95. The van der Waals surface area contributed by atoms with Gasteiger partial charge in [-0.1, -0.05) is 31.5 Å². The van der Waals surface area contributed by atoms with Crippen molar-refractivity contribution >= 4 is 11.6 Å². The van der Waals surface area contributed by atoms with Gasteiger partial charge in [-0.3, -0.25) is 0 Å². The molecule has 0 saturated carbocycles. The number of ether oxygens (including phenoxy) is 1. The third-order valence-electron chi connectivity index (χ3n) is 2.66. The Bertz CT molecular complexity index is 590. The van der Waals surface area contributed by atoms with E-state index in [1.807, 2.05) is 12.1 Å². The van der Waals surface area contributed by atoms with E-state index in [4.69, 9.17) is 16.3 Å². The van der Waals surface area contributed by atoms with Gasteiger partial charge in [0.25, 0.3) is 0 Å². The fourth-order valence-corrected chi connectivity index (χ4v) is 1.79. The van der Waals surface area contributed by atoms with Crippen molar-refractivity contribution in [3.63, 3.8) is 0 Å². The third kappa shape index (κ3) is 3.92. The molecule has 0 unspecified atom stereocenters. The molecule has 0 fully saturated rings. The lowest BCUT2D eigenvalue weighted by atomic mass is 10.2. The number of nitrogens with zero attached hydrogens (tertiary/aromatic N) is 1. The van der Waals surface area contributed by atoms with Crippen LogP contribution >= 0.6 is 11.6 Å². The second kappa shape index (κ2) is 6.68. The van der Waals surface area contributed by atoms with E-state index in [9.17, 15) is 4.39 Å². The van der Waals surface area contributed by atoms with Crippen molar-refractivity contribution in [3.8, 4) is 11.6 Å². The van der Waals surface area contributed by atoms with Crippen molar-refractivity contribution < 1.29 is 9.13 Å². The molecule has 0 spiro atoms. The molecule has 1 aromatic heterocycles. The largest absolute Gasteiger partial charge is 0.439 e. The van der Waals surface area contributed by atoms with Crippen LogP contribution in [0.4, 0.5) is 4.39 Å². The van der Waals surface area contributed by atoms with Crippen molar-refractivity contribution in [2.45, 2.75) is 26.4 Å². The molecule has 0 saturated heterocycles. The number of hydrogen-bond acceptors (Lipinski definition) is 3. The first-order valence-electron chi connectivity index (χ1n) is 6.36. The second-order valence-corrected chi connectivity index (χ2v) is 5.09. The summed E-state index contributed by atoms with van der Waals surface area (Å²) in [7, 11) is 0. The highest BCUT2D eigenvalue weighted by molar-refractivity contribution is 6.30. The Kier molecular flexibility index (Phi) is 4.93. The van der Waals surface area contributed by atoms with Crippen LogP contribution in [-0.2, 0) is 6.54 Å². The maximum atomic E-state index is 13.1. The SMILES string of the molecule is CC(C)NCc1cccnc1Oc1ccc(F)c(Cl)c1. The van der Waals surface area contributed by atoms with Crippen LogP contribution in [0.25, 0.3) is 0 Å². The average Bonchev–Trinajstić information content (AvgIpc) is 2.42. The van der Waals surface area contributed by atoms with Crippen LogP contribution in [0.3, 0.4) is 0 Å². The van der Waals surface area contributed by atoms with Gasteiger partial charge in [-0.2, -0.15) is 0 Å². The van der Waals surface area contributed by atoms with Crippen LogP contribution in [0.5, 0.6) is 11.6 Å². The van der Waals surface area contributed by atoms with Gasteiger partial charge < -0.3 is 10.1 Å². The summed E-state index contributed by atoms with van der Waals surface area (Å²) in [6.45, 7) is 4.78. The van der Waals surface area contributed by atoms with Crippen LogP contribution < -0.4 is 10.1 Å². The zero-order chi connectivity index (χ0) is 14.5. The molecule has 20 heavy (non-hydrogen) atoms. The van der Waals surface area contributed by atoms with E-state index in [2.05, 4.69) is 24.1 Å². The number of nitrogens with one attached hydrogen (secondary N) is 1. The highest BCUT2D eigenvalue weighted by atomic mass is 35.5. The molecule has 0 bridgehead atoms. The van der Waals surface area contributed by atoms with E-state index in [0.29, 0.717) is 24.2 Å². The van der Waals surface area contributed by atoms with E-state index in [-0.39, 0.29) is 5.02 Å². The second-order valence-electron chi connectivity index (χ2n) is 4.68. The molecule has 1 aromatic carbocycles. The zero-order valence-electron chi connectivity index (χ0n) is 11.4. The summed E-state index contributed by atoms with van der Waals surface area (Å²) in [6.07, 6.45) is 1.65. The van der Waals surface area contributed by atoms with Gasteiger partial charge in [-0.15, -0.1) is 0 Å². The predicted molar refractivity (Wildman–Crippen MR) is 77.7 cm³/mol. The number of pyridine rings is 1. The molecule has 0 aliphatic carbocycles. The lowest BCUT2D eigenvalue weighted by molar-refractivity contribution is 0.449. The highest BCUT2D eigenvalue weighted by Gasteiger charge is 2.08. The smallest absolute Gasteiger partial charge is 0.223 e. The minimum Gasteiger partial charge on any atom is -0.439 e. The van der Waals surface area contributed by atoms with Gasteiger partial charge in [-0.05, 0) is 18.2 Å². The normalized spacial score (nSPS) is 10.8. The maximum absolute atomic E-state index is 13.1. The van der Waals surface area contributed by atoms with Crippen molar-refractivity contribution in [3.05, 3.63) is 52.9 Å². The van der Waals surface area contributed by atoms with Gasteiger partial charge in [0.1, 0.15) is 11.6 Å². The average molecular weight is 295 g/mol. The Morgan fingerprint density at radius 3 is 2.85 bits per heavy atom. The number of halogens is 2. The molecule has 1 heterocycles. The van der Waals surface area contributed by atoms with E-state index in [0.717, 1.165) is 5.56 Å². The van der Waals surface area contributed by atoms with Crippen molar-refractivity contribution in [1.29, 1.82) is 0 Å². The number of hydrogen-bond donors (Lipinski definition) is 1. The molecule has 0 aliphatic rings. The first-order chi connectivity index (χ1) is 9.56. The molecule has 0 aliphatic heterocycles. The Labute approximate surface area is 122 Å². The fourth-order valence-electron chi connectivity index (χ4n) is 1.62. The summed E-state index contributed by atoms with van der Waals surface area (Å²) in [4.78, 5) is 4.20. The summed E-state index contributed by atoms with van der Waals surface area (Å²) >= 11 is 5.73. The van der Waals surface area contributed by atoms with Crippen molar-refractivity contribution in [1.82, 2.24) is 10.3 Å². The molecule has 3 nitrogen and oxygen atoms in total. The Balaban J connectivity index is 2.17. The molecular weight excluding hydrogens is 279 g/mol. The lowest BCUT2D eigenvalue weighted by Gasteiger charge is -2.12. The van der Waals surface area contributed by atoms with Crippen LogP contribution in [0.1, 0.15) is 19.4 Å². The van der Waals surface area contributed by atoms with Gasteiger partial charge in [0, 0.05) is 30.4 Å². The van der Waals surface area contributed by atoms with Gasteiger partial charge in [0.15, 0.2) is 0 Å². The standard InChI is InChI=1S/C15H16ClFN2O/c1-10(2)19-9-11-4-3-7-18-15(11)20-12-5-6-14(17)13(16)8-12/h3-8,10,19H,9H2,1-2H3. The molecule has 106 valence electrons.